The molecule has 21 heavy (non-hydrogen) atoms. The Labute approximate surface area is 125 Å². The van der Waals surface area contributed by atoms with Crippen molar-refractivity contribution >= 4 is 28.1 Å². The first-order valence-corrected chi connectivity index (χ1v) is 7.52. The highest BCUT2D eigenvalue weighted by molar-refractivity contribution is 7.13. The van der Waals surface area contributed by atoms with Gasteiger partial charge in [0.1, 0.15) is 5.82 Å². The number of amides is 1. The predicted octanol–water partition coefficient (Wildman–Crippen LogP) is 1.71. The van der Waals surface area contributed by atoms with E-state index in [-0.39, 0.29) is 5.56 Å². The molecule has 110 valence electrons. The third-order valence-corrected chi connectivity index (χ3v) is 4.37. The van der Waals surface area contributed by atoms with E-state index < -0.39 is 11.7 Å². The van der Waals surface area contributed by atoms with E-state index in [1.165, 1.54) is 12.1 Å². The lowest BCUT2D eigenvalue weighted by Crippen LogP contribution is -2.47. The van der Waals surface area contributed by atoms with E-state index in [1.54, 1.807) is 23.6 Å². The van der Waals surface area contributed by atoms with Crippen LogP contribution in [-0.2, 0) is 0 Å². The smallest absolute Gasteiger partial charge is 0.250 e. The van der Waals surface area contributed by atoms with Gasteiger partial charge >= 0.3 is 0 Å². The number of nitrogens with zero attached hydrogens (tertiary/aromatic N) is 3. The second-order valence-electron chi connectivity index (χ2n) is 4.81. The molecule has 3 rings (SSSR count). The average Bonchev–Trinajstić information content (AvgIpc) is 3.01. The van der Waals surface area contributed by atoms with Crippen LogP contribution in [-0.4, -0.2) is 37.1 Å². The minimum Gasteiger partial charge on any atom is -0.367 e. The minimum absolute atomic E-state index is 0.234. The largest absolute Gasteiger partial charge is 0.367 e. The molecule has 1 aliphatic heterocycles. The number of anilines is 2. The number of carbonyl (C=O) groups is 1. The molecule has 0 bridgehead atoms. The van der Waals surface area contributed by atoms with Crippen molar-refractivity contribution in [3.63, 3.8) is 0 Å². The molecule has 7 heteroatoms. The van der Waals surface area contributed by atoms with Gasteiger partial charge in [-0.15, -0.1) is 11.3 Å². The van der Waals surface area contributed by atoms with E-state index >= 15 is 0 Å². The summed E-state index contributed by atoms with van der Waals surface area (Å²) in [4.78, 5) is 20.0. The van der Waals surface area contributed by atoms with Crippen molar-refractivity contribution < 1.29 is 9.18 Å². The Morgan fingerprint density at radius 3 is 2.57 bits per heavy atom. The van der Waals surface area contributed by atoms with Crippen molar-refractivity contribution in [2.45, 2.75) is 0 Å². The van der Waals surface area contributed by atoms with Gasteiger partial charge in [-0.25, -0.2) is 9.37 Å². The number of halogens is 1. The van der Waals surface area contributed by atoms with Gasteiger partial charge in [0.2, 0.25) is 0 Å². The molecule has 0 atom stereocenters. The summed E-state index contributed by atoms with van der Waals surface area (Å²) in [5.41, 5.74) is 6.27. The fourth-order valence-electron chi connectivity index (χ4n) is 2.49. The monoisotopic (exact) mass is 306 g/mol. The maximum Gasteiger partial charge on any atom is 0.250 e. The van der Waals surface area contributed by atoms with Gasteiger partial charge in [0, 0.05) is 43.4 Å². The molecule has 1 saturated heterocycles. The molecule has 1 aliphatic rings. The van der Waals surface area contributed by atoms with Crippen LogP contribution in [0.15, 0.2) is 29.8 Å². The fraction of sp³-hybridized carbons (Fsp3) is 0.286. The normalized spacial score (nSPS) is 15.3. The highest BCUT2D eigenvalue weighted by Crippen LogP contribution is 2.25. The van der Waals surface area contributed by atoms with E-state index in [0.717, 1.165) is 31.3 Å². The summed E-state index contributed by atoms with van der Waals surface area (Å²) in [5.74, 6) is -1.05. The number of aromatic nitrogens is 1. The number of piperazine rings is 1. The van der Waals surface area contributed by atoms with Gasteiger partial charge in [-0.2, -0.15) is 0 Å². The predicted molar refractivity (Wildman–Crippen MR) is 81.5 cm³/mol. The number of carbonyl (C=O) groups excluding carboxylic acids is 1. The Bertz CT molecular complexity index is 638. The molecule has 0 saturated carbocycles. The zero-order valence-corrected chi connectivity index (χ0v) is 12.1. The molecule has 1 aromatic heterocycles. The highest BCUT2D eigenvalue weighted by atomic mass is 32.1. The van der Waals surface area contributed by atoms with Crippen molar-refractivity contribution in [1.82, 2.24) is 4.98 Å². The number of primary amides is 1. The topological polar surface area (TPSA) is 62.5 Å². The van der Waals surface area contributed by atoms with E-state index in [9.17, 15) is 9.18 Å². The van der Waals surface area contributed by atoms with Crippen molar-refractivity contribution in [3.8, 4) is 0 Å². The summed E-state index contributed by atoms with van der Waals surface area (Å²) in [5, 5.41) is 2.95. The third-order valence-electron chi connectivity index (χ3n) is 3.53. The first-order valence-electron chi connectivity index (χ1n) is 6.64. The van der Waals surface area contributed by atoms with E-state index in [1.807, 2.05) is 5.38 Å². The lowest BCUT2D eigenvalue weighted by molar-refractivity contribution is 0.100. The van der Waals surface area contributed by atoms with Crippen molar-refractivity contribution in [1.29, 1.82) is 0 Å². The Morgan fingerprint density at radius 1 is 1.24 bits per heavy atom. The SMILES string of the molecule is NC(=O)c1cc(F)ccc1N1CCN(c2nccs2)CC1. The van der Waals surface area contributed by atoms with Crippen LogP contribution in [0.25, 0.3) is 0 Å². The molecule has 0 unspecified atom stereocenters. The van der Waals surface area contributed by atoms with Crippen LogP contribution in [0.2, 0.25) is 0 Å². The van der Waals surface area contributed by atoms with Crippen molar-refractivity contribution in [2.24, 2.45) is 5.73 Å². The summed E-state index contributed by atoms with van der Waals surface area (Å²) in [6.45, 7) is 3.10. The molecular formula is C14H15FN4OS. The number of hydrogen-bond acceptors (Lipinski definition) is 5. The summed E-state index contributed by atoms with van der Waals surface area (Å²) in [7, 11) is 0. The maximum absolute atomic E-state index is 13.3. The molecule has 2 heterocycles. The van der Waals surface area contributed by atoms with Crippen LogP contribution in [0.5, 0.6) is 0 Å². The fourth-order valence-corrected chi connectivity index (χ4v) is 3.19. The molecule has 1 amide bonds. The van der Waals surface area contributed by atoms with E-state index in [4.69, 9.17) is 5.73 Å². The van der Waals surface area contributed by atoms with Crippen molar-refractivity contribution in [2.75, 3.05) is 36.0 Å². The van der Waals surface area contributed by atoms with Crippen LogP contribution in [0.1, 0.15) is 10.4 Å². The zero-order valence-electron chi connectivity index (χ0n) is 11.3. The zero-order chi connectivity index (χ0) is 14.8. The number of hydrogen-bond donors (Lipinski definition) is 1. The summed E-state index contributed by atoms with van der Waals surface area (Å²) in [6, 6.07) is 4.17. The van der Waals surface area contributed by atoms with Gasteiger partial charge in [0.05, 0.1) is 5.56 Å². The van der Waals surface area contributed by atoms with Gasteiger partial charge in [-0.05, 0) is 18.2 Å². The molecular weight excluding hydrogens is 291 g/mol. The molecule has 2 aromatic rings. The minimum atomic E-state index is -0.605. The average molecular weight is 306 g/mol. The molecule has 0 radical (unpaired) electrons. The van der Waals surface area contributed by atoms with Crippen molar-refractivity contribution in [3.05, 3.63) is 41.2 Å². The molecule has 0 aliphatic carbocycles. The maximum atomic E-state index is 13.3. The molecule has 2 N–H and O–H groups in total. The van der Waals surface area contributed by atoms with Gasteiger partial charge in [0.15, 0.2) is 5.13 Å². The lowest BCUT2D eigenvalue weighted by atomic mass is 10.1. The van der Waals surface area contributed by atoms with E-state index in [2.05, 4.69) is 14.8 Å². The number of nitrogens with two attached hydrogens (primary N) is 1. The van der Waals surface area contributed by atoms with Gasteiger partial charge in [-0.1, -0.05) is 0 Å². The van der Waals surface area contributed by atoms with Gasteiger partial charge in [-0.3, -0.25) is 4.79 Å². The summed E-state index contributed by atoms with van der Waals surface area (Å²) < 4.78 is 13.3. The third kappa shape index (κ3) is 2.82. The second kappa shape index (κ2) is 5.69. The number of benzene rings is 1. The summed E-state index contributed by atoms with van der Waals surface area (Å²) >= 11 is 1.61. The quantitative estimate of drug-likeness (QED) is 0.937. The van der Waals surface area contributed by atoms with Gasteiger partial charge in [0.25, 0.3) is 5.91 Å². The Balaban J connectivity index is 1.76. The first-order chi connectivity index (χ1) is 10.1. The highest BCUT2D eigenvalue weighted by Gasteiger charge is 2.22. The van der Waals surface area contributed by atoms with Gasteiger partial charge < -0.3 is 15.5 Å². The summed E-state index contributed by atoms with van der Waals surface area (Å²) in [6.07, 6.45) is 1.79. The lowest BCUT2D eigenvalue weighted by Gasteiger charge is -2.36. The number of thiazole rings is 1. The van der Waals surface area contributed by atoms with Crippen LogP contribution in [0.4, 0.5) is 15.2 Å². The Kier molecular flexibility index (Phi) is 3.74. The molecule has 1 fully saturated rings. The van der Waals surface area contributed by atoms with Crippen LogP contribution in [0.3, 0.4) is 0 Å². The molecule has 5 nitrogen and oxygen atoms in total. The molecule has 1 aromatic carbocycles. The molecule has 0 spiro atoms. The first kappa shape index (κ1) is 13.8. The standard InChI is InChI=1S/C14H15FN4OS/c15-10-1-2-12(11(9-10)13(16)20)18-4-6-19(7-5-18)14-17-3-8-21-14/h1-3,8-9H,4-7H2,(H2,16,20). The number of rotatable bonds is 3. The van der Waals surface area contributed by atoms with E-state index in [0.29, 0.717) is 5.69 Å². The Hall–Kier alpha value is -2.15. The van der Waals surface area contributed by atoms with Crippen LogP contribution < -0.4 is 15.5 Å². The second-order valence-corrected chi connectivity index (χ2v) is 5.69. The Morgan fingerprint density at radius 2 is 1.95 bits per heavy atom. The van der Waals surface area contributed by atoms with Crippen LogP contribution in [0, 0.1) is 5.82 Å². The van der Waals surface area contributed by atoms with Crippen LogP contribution >= 0.6 is 11.3 Å².